The van der Waals surface area contributed by atoms with Crippen LogP contribution in [-0.2, 0) is 14.3 Å². The summed E-state index contributed by atoms with van der Waals surface area (Å²) in [6.45, 7) is 4.85. The first kappa shape index (κ1) is 15.1. The van der Waals surface area contributed by atoms with E-state index in [0.29, 0.717) is 25.4 Å². The monoisotopic (exact) mass is 265 g/mol. The van der Waals surface area contributed by atoms with E-state index in [9.17, 15) is 9.59 Å². The summed E-state index contributed by atoms with van der Waals surface area (Å²) in [7, 11) is 0. The highest BCUT2D eigenvalue weighted by Crippen LogP contribution is 1.99. The standard InChI is InChI=1S/C13H19N3O3/c1-10(2)19-9-5-8-15-12(17)13(18)16-11-6-3-4-7-14-11/h3-4,6-7,10H,5,8-9H2,1-2H3,(H,15,17)(H,14,16,18). The molecule has 0 aliphatic carbocycles. The topological polar surface area (TPSA) is 80.3 Å². The maximum absolute atomic E-state index is 11.5. The van der Waals surface area contributed by atoms with Crippen LogP contribution < -0.4 is 10.6 Å². The van der Waals surface area contributed by atoms with E-state index in [4.69, 9.17) is 4.74 Å². The second-order valence-electron chi connectivity index (χ2n) is 4.20. The molecule has 1 rings (SSSR count). The zero-order valence-corrected chi connectivity index (χ0v) is 11.2. The maximum atomic E-state index is 11.5. The highest BCUT2D eigenvalue weighted by atomic mass is 16.5. The van der Waals surface area contributed by atoms with Crippen LogP contribution in [0.5, 0.6) is 0 Å². The lowest BCUT2D eigenvalue weighted by atomic mass is 10.4. The van der Waals surface area contributed by atoms with Gasteiger partial charge in [-0.3, -0.25) is 9.59 Å². The molecule has 6 nitrogen and oxygen atoms in total. The average molecular weight is 265 g/mol. The van der Waals surface area contributed by atoms with Crippen molar-refractivity contribution >= 4 is 17.6 Å². The molecule has 104 valence electrons. The van der Waals surface area contributed by atoms with Crippen molar-refractivity contribution in [2.75, 3.05) is 18.5 Å². The second-order valence-corrected chi connectivity index (χ2v) is 4.20. The Morgan fingerprint density at radius 3 is 2.74 bits per heavy atom. The molecule has 0 bridgehead atoms. The van der Waals surface area contributed by atoms with E-state index in [-0.39, 0.29) is 6.10 Å². The fourth-order valence-corrected chi connectivity index (χ4v) is 1.28. The van der Waals surface area contributed by atoms with Crippen LogP contribution >= 0.6 is 0 Å². The van der Waals surface area contributed by atoms with Crippen LogP contribution in [0.2, 0.25) is 0 Å². The van der Waals surface area contributed by atoms with Crippen molar-refractivity contribution in [1.29, 1.82) is 0 Å². The summed E-state index contributed by atoms with van der Waals surface area (Å²) in [4.78, 5) is 26.8. The van der Waals surface area contributed by atoms with Gasteiger partial charge >= 0.3 is 11.8 Å². The Kier molecular flexibility index (Phi) is 6.52. The van der Waals surface area contributed by atoms with Crippen LogP contribution in [0, 0.1) is 0 Å². The third-order valence-electron chi connectivity index (χ3n) is 2.17. The fourth-order valence-electron chi connectivity index (χ4n) is 1.28. The number of hydrogen-bond donors (Lipinski definition) is 2. The number of hydrogen-bond acceptors (Lipinski definition) is 4. The van der Waals surface area contributed by atoms with Crippen LogP contribution in [0.25, 0.3) is 0 Å². The van der Waals surface area contributed by atoms with Gasteiger partial charge in [0.2, 0.25) is 0 Å². The summed E-state index contributed by atoms with van der Waals surface area (Å²) in [6.07, 6.45) is 2.38. The summed E-state index contributed by atoms with van der Waals surface area (Å²) in [5, 5.41) is 4.93. The summed E-state index contributed by atoms with van der Waals surface area (Å²) in [5.41, 5.74) is 0. The number of nitrogens with one attached hydrogen (secondary N) is 2. The van der Waals surface area contributed by atoms with Crippen molar-refractivity contribution in [1.82, 2.24) is 10.3 Å². The van der Waals surface area contributed by atoms with Gasteiger partial charge in [-0.25, -0.2) is 4.98 Å². The average Bonchev–Trinajstić information content (AvgIpc) is 2.38. The number of amides is 2. The normalized spacial score (nSPS) is 10.3. The number of aromatic nitrogens is 1. The first-order valence-electron chi connectivity index (χ1n) is 6.21. The van der Waals surface area contributed by atoms with E-state index in [2.05, 4.69) is 15.6 Å². The number of carbonyl (C=O) groups is 2. The van der Waals surface area contributed by atoms with Crippen LogP contribution in [0.3, 0.4) is 0 Å². The van der Waals surface area contributed by atoms with Crippen LogP contribution in [-0.4, -0.2) is 36.1 Å². The molecule has 2 N–H and O–H groups in total. The lowest BCUT2D eigenvalue weighted by Gasteiger charge is -2.08. The zero-order valence-electron chi connectivity index (χ0n) is 11.2. The van der Waals surface area contributed by atoms with Crippen molar-refractivity contribution in [3.8, 4) is 0 Å². The van der Waals surface area contributed by atoms with E-state index in [1.54, 1.807) is 18.2 Å². The molecule has 0 fully saturated rings. The molecule has 0 atom stereocenters. The fraction of sp³-hybridized carbons (Fsp3) is 0.462. The molecule has 1 aromatic rings. The number of anilines is 1. The van der Waals surface area contributed by atoms with Gasteiger partial charge in [-0.2, -0.15) is 0 Å². The van der Waals surface area contributed by atoms with Crippen molar-refractivity contribution in [2.24, 2.45) is 0 Å². The molecular weight excluding hydrogens is 246 g/mol. The van der Waals surface area contributed by atoms with E-state index in [0.717, 1.165) is 0 Å². The molecule has 0 saturated heterocycles. The maximum Gasteiger partial charge on any atom is 0.314 e. The summed E-state index contributed by atoms with van der Waals surface area (Å²) < 4.78 is 5.32. The smallest absolute Gasteiger partial charge is 0.314 e. The van der Waals surface area contributed by atoms with Gasteiger partial charge in [-0.05, 0) is 32.4 Å². The van der Waals surface area contributed by atoms with E-state index in [1.807, 2.05) is 13.8 Å². The van der Waals surface area contributed by atoms with Crippen LogP contribution in [0.15, 0.2) is 24.4 Å². The summed E-state index contributed by atoms with van der Waals surface area (Å²) >= 11 is 0. The number of carbonyl (C=O) groups excluding carboxylic acids is 2. The first-order valence-corrected chi connectivity index (χ1v) is 6.21. The van der Waals surface area contributed by atoms with E-state index >= 15 is 0 Å². The van der Waals surface area contributed by atoms with Crippen molar-refractivity contribution in [3.05, 3.63) is 24.4 Å². The molecule has 0 aromatic carbocycles. The molecule has 0 aliphatic heterocycles. The number of pyridine rings is 1. The highest BCUT2D eigenvalue weighted by Gasteiger charge is 2.13. The molecule has 0 saturated carbocycles. The van der Waals surface area contributed by atoms with Crippen LogP contribution in [0.4, 0.5) is 5.82 Å². The molecule has 0 radical (unpaired) electrons. The first-order chi connectivity index (χ1) is 9.09. The molecule has 19 heavy (non-hydrogen) atoms. The third kappa shape index (κ3) is 6.52. The van der Waals surface area contributed by atoms with Crippen LogP contribution in [0.1, 0.15) is 20.3 Å². The van der Waals surface area contributed by atoms with Gasteiger partial charge < -0.3 is 15.4 Å². The largest absolute Gasteiger partial charge is 0.379 e. The van der Waals surface area contributed by atoms with Gasteiger partial charge in [0.05, 0.1) is 6.10 Å². The molecule has 2 amide bonds. The Labute approximate surface area is 112 Å². The highest BCUT2D eigenvalue weighted by molar-refractivity contribution is 6.39. The molecule has 1 aromatic heterocycles. The summed E-state index contributed by atoms with van der Waals surface area (Å²) in [5.74, 6) is -1.04. The number of rotatable bonds is 6. The molecular formula is C13H19N3O3. The van der Waals surface area contributed by atoms with Gasteiger partial charge in [0.25, 0.3) is 0 Å². The molecule has 1 heterocycles. The molecule has 0 unspecified atom stereocenters. The number of ether oxygens (including phenoxy) is 1. The van der Waals surface area contributed by atoms with Gasteiger partial charge in [0, 0.05) is 19.3 Å². The lowest BCUT2D eigenvalue weighted by molar-refractivity contribution is -0.136. The van der Waals surface area contributed by atoms with Crippen molar-refractivity contribution in [3.63, 3.8) is 0 Å². The van der Waals surface area contributed by atoms with Gasteiger partial charge in [-0.1, -0.05) is 6.07 Å². The minimum Gasteiger partial charge on any atom is -0.379 e. The SMILES string of the molecule is CC(C)OCCCNC(=O)C(=O)Nc1ccccn1. The number of nitrogens with zero attached hydrogens (tertiary/aromatic N) is 1. The van der Waals surface area contributed by atoms with Gasteiger partial charge in [-0.15, -0.1) is 0 Å². The van der Waals surface area contributed by atoms with E-state index < -0.39 is 11.8 Å². The Morgan fingerprint density at radius 1 is 1.32 bits per heavy atom. The Morgan fingerprint density at radius 2 is 2.11 bits per heavy atom. The zero-order chi connectivity index (χ0) is 14.1. The Balaban J connectivity index is 2.20. The Bertz CT molecular complexity index is 407. The Hall–Kier alpha value is -1.95. The third-order valence-corrected chi connectivity index (χ3v) is 2.17. The molecule has 0 aliphatic rings. The molecule has 0 spiro atoms. The van der Waals surface area contributed by atoms with Gasteiger partial charge in [0.1, 0.15) is 5.82 Å². The predicted octanol–water partition coefficient (Wildman–Crippen LogP) is 0.951. The second kappa shape index (κ2) is 8.20. The van der Waals surface area contributed by atoms with E-state index in [1.165, 1.54) is 6.20 Å². The summed E-state index contributed by atoms with van der Waals surface area (Å²) in [6, 6.07) is 5.07. The van der Waals surface area contributed by atoms with Crippen molar-refractivity contribution in [2.45, 2.75) is 26.4 Å². The molecule has 6 heteroatoms. The minimum absolute atomic E-state index is 0.170. The predicted molar refractivity (Wildman–Crippen MR) is 71.6 cm³/mol. The quantitative estimate of drug-likeness (QED) is 0.593. The van der Waals surface area contributed by atoms with Gasteiger partial charge in [0.15, 0.2) is 0 Å². The minimum atomic E-state index is -0.719. The lowest BCUT2D eigenvalue weighted by Crippen LogP contribution is -2.36. The van der Waals surface area contributed by atoms with Crippen molar-refractivity contribution < 1.29 is 14.3 Å².